The average molecular weight is 548 g/mol. The van der Waals surface area contributed by atoms with E-state index in [-0.39, 0.29) is 0 Å². The summed E-state index contributed by atoms with van der Waals surface area (Å²) in [6.45, 7) is 5.44. The number of benzene rings is 3. The number of hydrogen-bond acceptors (Lipinski definition) is 6. The zero-order chi connectivity index (χ0) is 27.5. The van der Waals surface area contributed by atoms with Crippen molar-refractivity contribution in [2.75, 3.05) is 38.5 Å². The summed E-state index contributed by atoms with van der Waals surface area (Å²) in [7, 11) is 2.18. The van der Waals surface area contributed by atoms with Gasteiger partial charge in [-0.15, -0.1) is 0 Å². The monoisotopic (exact) mass is 547 g/mol. The normalized spacial score (nSPS) is 14.3. The van der Waals surface area contributed by atoms with Crippen LogP contribution in [-0.4, -0.2) is 48.0 Å². The number of likely N-dealkylation sites (N-methyl/N-ethyl adjacent to an activating group) is 1. The fraction of sp³-hybridized carbons (Fsp3) is 0.212. The molecular formula is C33H30ClN5O. The number of hydrogen-bond donors (Lipinski definition) is 1. The highest BCUT2D eigenvalue weighted by atomic mass is 35.5. The Morgan fingerprint density at radius 2 is 1.75 bits per heavy atom. The topological polar surface area (TPSA) is 68.3 Å². The number of nitrogens with one attached hydrogen (secondary N) is 1. The molecule has 1 saturated heterocycles. The Labute approximate surface area is 239 Å². The van der Waals surface area contributed by atoms with E-state index >= 15 is 0 Å². The molecule has 40 heavy (non-hydrogen) atoms. The minimum atomic E-state index is 0.479. The quantitative estimate of drug-likeness (QED) is 0.234. The number of halogens is 1. The third-order valence-electron chi connectivity index (χ3n) is 7.58. The number of rotatable bonds is 7. The number of nitriles is 1. The minimum Gasteiger partial charge on any atom is -0.472 e. The Hall–Kier alpha value is -4.15. The second-order valence-corrected chi connectivity index (χ2v) is 10.8. The largest absolute Gasteiger partial charge is 0.472 e. The van der Waals surface area contributed by atoms with Crippen LogP contribution in [0, 0.1) is 11.3 Å². The van der Waals surface area contributed by atoms with Crippen LogP contribution in [0.15, 0.2) is 89.9 Å². The van der Waals surface area contributed by atoms with Crippen LogP contribution in [0.2, 0.25) is 5.02 Å². The van der Waals surface area contributed by atoms with Crippen molar-refractivity contribution in [2.24, 2.45) is 0 Å². The first kappa shape index (κ1) is 26.1. The highest BCUT2D eigenvalue weighted by molar-refractivity contribution is 6.31. The molecule has 0 spiro atoms. The fourth-order valence-electron chi connectivity index (χ4n) is 5.19. The zero-order valence-electron chi connectivity index (χ0n) is 22.4. The van der Waals surface area contributed by atoms with Crippen LogP contribution in [0.5, 0.6) is 0 Å². The Morgan fingerprint density at radius 3 is 2.48 bits per heavy atom. The maximum Gasteiger partial charge on any atom is 0.103 e. The zero-order valence-corrected chi connectivity index (χ0v) is 23.2. The summed E-state index contributed by atoms with van der Waals surface area (Å²) in [5.41, 5.74) is 8.47. The second-order valence-electron chi connectivity index (χ2n) is 10.4. The molecule has 0 bridgehead atoms. The average Bonchev–Trinajstić information content (AvgIpc) is 3.49. The maximum atomic E-state index is 9.82. The van der Waals surface area contributed by atoms with Crippen LogP contribution in [0.3, 0.4) is 0 Å². The van der Waals surface area contributed by atoms with E-state index in [2.05, 4.69) is 69.6 Å². The van der Waals surface area contributed by atoms with Crippen LogP contribution >= 0.6 is 11.6 Å². The van der Waals surface area contributed by atoms with Gasteiger partial charge in [0.1, 0.15) is 6.07 Å². The molecule has 0 amide bonds. The summed E-state index contributed by atoms with van der Waals surface area (Å²) in [4.78, 5) is 9.50. The molecule has 0 saturated carbocycles. The van der Waals surface area contributed by atoms with Crippen molar-refractivity contribution < 1.29 is 4.42 Å². The van der Waals surface area contributed by atoms with Gasteiger partial charge in [-0.2, -0.15) is 5.26 Å². The van der Waals surface area contributed by atoms with Crippen molar-refractivity contribution in [3.05, 3.63) is 113 Å². The van der Waals surface area contributed by atoms with Gasteiger partial charge >= 0.3 is 0 Å². The van der Waals surface area contributed by atoms with Gasteiger partial charge in [0.25, 0.3) is 0 Å². The van der Waals surface area contributed by atoms with Gasteiger partial charge in [0.2, 0.25) is 0 Å². The lowest BCUT2D eigenvalue weighted by molar-refractivity contribution is 0.148. The number of pyridine rings is 1. The SMILES string of the molecule is CN1CCN(Cc2ccc(-c3ccc4c(Nc5ccc(Cc6ccoc6)c(Cl)c5)c(C#N)cnc4c3)cc2)CC1. The summed E-state index contributed by atoms with van der Waals surface area (Å²) in [5, 5.41) is 14.8. The third-order valence-corrected chi connectivity index (χ3v) is 7.93. The van der Waals surface area contributed by atoms with Crippen molar-refractivity contribution in [3.63, 3.8) is 0 Å². The van der Waals surface area contributed by atoms with Gasteiger partial charge in [0.05, 0.1) is 29.3 Å². The standard InChI is InChI=1S/C33H30ClN5O/c1-38-11-13-39(14-12-38)21-23-2-4-25(5-3-23)26-7-9-30-32(17-26)36-20-28(19-35)33(30)37-29-8-6-27(31(34)18-29)16-24-10-15-40-22-24/h2-10,15,17-18,20,22H,11-14,16,21H2,1H3,(H,36,37). The first-order valence-electron chi connectivity index (χ1n) is 13.5. The molecule has 0 atom stereocenters. The van der Waals surface area contributed by atoms with Crippen LogP contribution in [0.25, 0.3) is 22.0 Å². The molecule has 0 unspecified atom stereocenters. The summed E-state index contributed by atoms with van der Waals surface area (Å²) in [5.74, 6) is 0. The molecule has 5 aromatic rings. The summed E-state index contributed by atoms with van der Waals surface area (Å²) in [6.07, 6.45) is 5.70. The molecule has 6 rings (SSSR count). The van der Waals surface area contributed by atoms with Gasteiger partial charge in [0, 0.05) is 61.4 Å². The number of fused-ring (bicyclic) bond motifs is 1. The predicted octanol–water partition coefficient (Wildman–Crippen LogP) is 7.10. The molecular weight excluding hydrogens is 518 g/mol. The third kappa shape index (κ3) is 5.73. The molecule has 0 radical (unpaired) electrons. The van der Waals surface area contributed by atoms with Gasteiger partial charge in [-0.1, -0.05) is 54.1 Å². The van der Waals surface area contributed by atoms with Crippen molar-refractivity contribution in [1.82, 2.24) is 14.8 Å². The molecule has 1 fully saturated rings. The molecule has 3 aromatic carbocycles. The molecule has 7 heteroatoms. The number of furan rings is 1. The van der Waals surface area contributed by atoms with Crippen molar-refractivity contribution >= 4 is 33.9 Å². The van der Waals surface area contributed by atoms with E-state index in [0.717, 1.165) is 77.3 Å². The summed E-state index contributed by atoms with van der Waals surface area (Å²) < 4.78 is 5.17. The smallest absolute Gasteiger partial charge is 0.103 e. The maximum absolute atomic E-state index is 9.82. The first-order chi connectivity index (χ1) is 19.6. The molecule has 2 aromatic heterocycles. The van der Waals surface area contributed by atoms with E-state index < -0.39 is 0 Å². The van der Waals surface area contributed by atoms with E-state index in [1.165, 1.54) is 5.56 Å². The van der Waals surface area contributed by atoms with Gasteiger partial charge in [0.15, 0.2) is 0 Å². The van der Waals surface area contributed by atoms with Crippen LogP contribution in [-0.2, 0) is 13.0 Å². The fourth-order valence-corrected chi connectivity index (χ4v) is 5.43. The second kappa shape index (κ2) is 11.5. The molecule has 3 heterocycles. The Balaban J connectivity index is 1.23. The molecule has 1 N–H and O–H groups in total. The van der Waals surface area contributed by atoms with Crippen LogP contribution in [0.4, 0.5) is 11.4 Å². The van der Waals surface area contributed by atoms with Gasteiger partial charge in [-0.25, -0.2) is 0 Å². The molecule has 1 aliphatic rings. The Bertz CT molecular complexity index is 1670. The van der Waals surface area contributed by atoms with E-state index in [9.17, 15) is 5.26 Å². The molecule has 200 valence electrons. The predicted molar refractivity (Wildman–Crippen MR) is 161 cm³/mol. The summed E-state index contributed by atoms with van der Waals surface area (Å²) in [6, 6.07) is 25.1. The van der Waals surface area contributed by atoms with Gasteiger partial charge in [-0.3, -0.25) is 9.88 Å². The number of nitrogens with zero attached hydrogens (tertiary/aromatic N) is 4. The minimum absolute atomic E-state index is 0.479. The first-order valence-corrected chi connectivity index (χ1v) is 13.8. The lowest BCUT2D eigenvalue weighted by Gasteiger charge is -2.32. The van der Waals surface area contributed by atoms with E-state index in [1.54, 1.807) is 18.7 Å². The van der Waals surface area contributed by atoms with Crippen LogP contribution in [0.1, 0.15) is 22.3 Å². The van der Waals surface area contributed by atoms with Gasteiger partial charge < -0.3 is 14.6 Å². The van der Waals surface area contributed by atoms with E-state index in [4.69, 9.17) is 16.0 Å². The molecule has 6 nitrogen and oxygen atoms in total. The van der Waals surface area contributed by atoms with Gasteiger partial charge in [-0.05, 0) is 59.1 Å². The van der Waals surface area contributed by atoms with Crippen molar-refractivity contribution in [3.8, 4) is 17.2 Å². The highest BCUT2D eigenvalue weighted by Crippen LogP contribution is 2.33. The Kier molecular flexibility index (Phi) is 7.52. The van der Waals surface area contributed by atoms with Crippen LogP contribution < -0.4 is 5.32 Å². The molecule has 0 aliphatic carbocycles. The van der Waals surface area contributed by atoms with E-state index in [0.29, 0.717) is 17.0 Å². The van der Waals surface area contributed by atoms with Crippen molar-refractivity contribution in [2.45, 2.75) is 13.0 Å². The lowest BCUT2D eigenvalue weighted by Crippen LogP contribution is -2.43. The number of anilines is 2. The number of aromatic nitrogens is 1. The van der Waals surface area contributed by atoms with Crippen molar-refractivity contribution in [1.29, 1.82) is 5.26 Å². The Morgan fingerprint density at radius 1 is 0.950 bits per heavy atom. The molecule has 1 aliphatic heterocycles. The summed E-state index contributed by atoms with van der Waals surface area (Å²) >= 11 is 6.61. The number of piperazine rings is 1. The van der Waals surface area contributed by atoms with E-state index in [1.807, 2.05) is 30.3 Å². The highest BCUT2D eigenvalue weighted by Gasteiger charge is 2.15. The lowest BCUT2D eigenvalue weighted by atomic mass is 10.0.